The Bertz CT molecular complexity index is 495. The first-order chi connectivity index (χ1) is 9.32. The van der Waals surface area contributed by atoms with Gasteiger partial charge in [0, 0.05) is 18.6 Å². The van der Waals surface area contributed by atoms with Crippen molar-refractivity contribution in [2.24, 2.45) is 0 Å². The lowest BCUT2D eigenvalue weighted by Crippen LogP contribution is -2.32. The highest BCUT2D eigenvalue weighted by Gasteiger charge is 2.14. The van der Waals surface area contributed by atoms with Gasteiger partial charge in [0.25, 0.3) is 0 Å². The molecule has 1 aromatic carbocycles. The average molecular weight is 298 g/mol. The summed E-state index contributed by atoms with van der Waals surface area (Å²) in [6.45, 7) is 8.83. The van der Waals surface area contributed by atoms with Gasteiger partial charge in [0.15, 0.2) is 0 Å². The number of hydrogen-bond acceptors (Lipinski definition) is 3. The molecule has 5 heteroatoms. The molecular weight excluding hydrogens is 272 g/mol. The van der Waals surface area contributed by atoms with Crippen LogP contribution in [0.1, 0.15) is 45.2 Å². The summed E-state index contributed by atoms with van der Waals surface area (Å²) in [7, 11) is -3.25. The fourth-order valence-electron chi connectivity index (χ4n) is 1.73. The zero-order chi connectivity index (χ0) is 15.2. The Morgan fingerprint density at radius 3 is 2.10 bits per heavy atom. The van der Waals surface area contributed by atoms with Gasteiger partial charge >= 0.3 is 0 Å². The Morgan fingerprint density at radius 1 is 1.05 bits per heavy atom. The lowest BCUT2D eigenvalue weighted by Gasteiger charge is -2.12. The first-order valence-electron chi connectivity index (χ1n) is 7.13. The Morgan fingerprint density at radius 2 is 1.60 bits per heavy atom. The normalized spacial score (nSPS) is 13.7. The lowest BCUT2D eigenvalue weighted by atomic mass is 10.1. The second kappa shape index (κ2) is 7.76. The van der Waals surface area contributed by atoms with Crippen LogP contribution in [-0.4, -0.2) is 20.5 Å². The van der Waals surface area contributed by atoms with Gasteiger partial charge in [0.1, 0.15) is 0 Å². The van der Waals surface area contributed by atoms with E-state index in [1.54, 1.807) is 0 Å². The van der Waals surface area contributed by atoms with E-state index in [0.29, 0.717) is 6.04 Å². The van der Waals surface area contributed by atoms with E-state index in [0.717, 1.165) is 24.1 Å². The van der Waals surface area contributed by atoms with Crippen molar-refractivity contribution < 1.29 is 8.42 Å². The molecule has 0 aliphatic rings. The highest BCUT2D eigenvalue weighted by molar-refractivity contribution is 7.88. The maximum absolute atomic E-state index is 11.9. The van der Waals surface area contributed by atoms with Crippen molar-refractivity contribution in [3.8, 4) is 0 Å². The number of hydrogen-bond donors (Lipinski definition) is 2. The van der Waals surface area contributed by atoms with Crippen molar-refractivity contribution in [3.05, 3.63) is 35.4 Å². The number of nitrogens with one attached hydrogen (secondary N) is 2. The average Bonchev–Trinajstić information content (AvgIpc) is 2.36. The van der Waals surface area contributed by atoms with E-state index >= 15 is 0 Å². The van der Waals surface area contributed by atoms with E-state index in [2.05, 4.69) is 23.9 Å². The minimum Gasteiger partial charge on any atom is -0.310 e. The maximum Gasteiger partial charge on any atom is 0.216 e. The van der Waals surface area contributed by atoms with Gasteiger partial charge in [0.05, 0.1) is 5.75 Å². The summed E-state index contributed by atoms with van der Waals surface area (Å²) < 4.78 is 26.6. The highest BCUT2D eigenvalue weighted by Crippen LogP contribution is 2.09. The molecule has 0 bridgehead atoms. The van der Waals surface area contributed by atoms with E-state index in [9.17, 15) is 8.42 Å². The molecule has 4 nitrogen and oxygen atoms in total. The summed E-state index contributed by atoms with van der Waals surface area (Å²) in [5, 5.41) is 3.33. The van der Waals surface area contributed by atoms with Crippen LogP contribution in [0.3, 0.4) is 0 Å². The second-order valence-electron chi connectivity index (χ2n) is 5.54. The first kappa shape index (κ1) is 17.1. The van der Waals surface area contributed by atoms with Gasteiger partial charge in [0.2, 0.25) is 10.0 Å². The van der Waals surface area contributed by atoms with Crippen LogP contribution in [-0.2, 0) is 22.3 Å². The minimum absolute atomic E-state index is 0.0190. The van der Waals surface area contributed by atoms with Crippen LogP contribution in [0.5, 0.6) is 0 Å². The van der Waals surface area contributed by atoms with Crippen molar-refractivity contribution in [3.63, 3.8) is 0 Å². The van der Waals surface area contributed by atoms with Gasteiger partial charge in [-0.1, -0.05) is 45.0 Å². The SMILES string of the molecule is CCC(C)NS(=O)(=O)Cc1ccc(CNC(C)C)cc1. The molecule has 1 atom stereocenters. The number of sulfonamides is 1. The molecule has 0 aliphatic heterocycles. The summed E-state index contributed by atoms with van der Waals surface area (Å²) in [5.74, 6) is 0.0369. The summed E-state index contributed by atoms with van der Waals surface area (Å²) in [6, 6.07) is 8.14. The van der Waals surface area contributed by atoms with Gasteiger partial charge in [-0.15, -0.1) is 0 Å². The first-order valence-corrected chi connectivity index (χ1v) is 8.79. The summed E-state index contributed by atoms with van der Waals surface area (Å²) in [5.41, 5.74) is 1.98. The van der Waals surface area contributed by atoms with Crippen LogP contribution in [0.4, 0.5) is 0 Å². The Kier molecular flexibility index (Phi) is 6.65. The van der Waals surface area contributed by atoms with E-state index in [1.807, 2.05) is 38.1 Å². The second-order valence-corrected chi connectivity index (χ2v) is 7.29. The predicted molar refractivity (Wildman–Crippen MR) is 83.9 cm³/mol. The molecule has 0 spiro atoms. The van der Waals surface area contributed by atoms with Gasteiger partial charge in [-0.25, -0.2) is 13.1 Å². The van der Waals surface area contributed by atoms with Crippen molar-refractivity contribution in [1.29, 1.82) is 0 Å². The molecule has 1 aromatic rings. The molecule has 0 saturated carbocycles. The zero-order valence-corrected chi connectivity index (χ0v) is 13.6. The van der Waals surface area contributed by atoms with E-state index in [4.69, 9.17) is 0 Å². The molecule has 20 heavy (non-hydrogen) atoms. The standard InChI is InChI=1S/C15H26N2O2S/c1-5-13(4)17-20(18,19)11-15-8-6-14(7-9-15)10-16-12(2)3/h6-9,12-13,16-17H,5,10-11H2,1-4H3. The zero-order valence-electron chi connectivity index (χ0n) is 12.8. The van der Waals surface area contributed by atoms with E-state index in [1.165, 1.54) is 0 Å². The molecule has 0 aliphatic carbocycles. The van der Waals surface area contributed by atoms with E-state index in [-0.39, 0.29) is 11.8 Å². The molecule has 0 saturated heterocycles. The van der Waals surface area contributed by atoms with Crippen LogP contribution >= 0.6 is 0 Å². The summed E-state index contributed by atoms with van der Waals surface area (Å²) in [6.07, 6.45) is 0.791. The molecule has 1 rings (SSSR count). The molecule has 0 radical (unpaired) electrons. The van der Waals surface area contributed by atoms with Crippen LogP contribution in [0.2, 0.25) is 0 Å². The largest absolute Gasteiger partial charge is 0.310 e. The minimum atomic E-state index is -3.25. The molecule has 0 aromatic heterocycles. The smallest absolute Gasteiger partial charge is 0.216 e. The Balaban J connectivity index is 2.61. The van der Waals surface area contributed by atoms with Crippen LogP contribution in [0.25, 0.3) is 0 Å². The molecule has 114 valence electrons. The third-order valence-electron chi connectivity index (χ3n) is 3.09. The van der Waals surface area contributed by atoms with E-state index < -0.39 is 10.0 Å². The van der Waals surface area contributed by atoms with Crippen molar-refractivity contribution in [2.45, 2.75) is 58.5 Å². The lowest BCUT2D eigenvalue weighted by molar-refractivity contribution is 0.555. The molecule has 0 amide bonds. The van der Waals surface area contributed by atoms with Crippen molar-refractivity contribution >= 4 is 10.0 Å². The quantitative estimate of drug-likeness (QED) is 0.775. The van der Waals surface area contributed by atoms with Gasteiger partial charge in [-0.3, -0.25) is 0 Å². The van der Waals surface area contributed by atoms with Crippen LogP contribution in [0, 0.1) is 0 Å². The molecule has 0 fully saturated rings. The third-order valence-corrected chi connectivity index (χ3v) is 4.56. The van der Waals surface area contributed by atoms with Crippen LogP contribution < -0.4 is 10.0 Å². The fourth-order valence-corrected chi connectivity index (χ4v) is 3.22. The summed E-state index contributed by atoms with van der Waals surface area (Å²) in [4.78, 5) is 0. The van der Waals surface area contributed by atoms with Gasteiger partial charge in [-0.2, -0.15) is 0 Å². The topological polar surface area (TPSA) is 58.2 Å². The summed E-state index contributed by atoms with van der Waals surface area (Å²) >= 11 is 0. The molecule has 0 heterocycles. The maximum atomic E-state index is 11.9. The van der Waals surface area contributed by atoms with Gasteiger partial charge in [-0.05, 0) is 24.5 Å². The predicted octanol–water partition coefficient (Wildman–Crippen LogP) is 2.40. The fraction of sp³-hybridized carbons (Fsp3) is 0.600. The van der Waals surface area contributed by atoms with Crippen LogP contribution in [0.15, 0.2) is 24.3 Å². The third kappa shape index (κ3) is 6.50. The monoisotopic (exact) mass is 298 g/mol. The van der Waals surface area contributed by atoms with Crippen molar-refractivity contribution in [1.82, 2.24) is 10.0 Å². The molecule has 2 N–H and O–H groups in total. The molecule has 1 unspecified atom stereocenters. The van der Waals surface area contributed by atoms with Crippen molar-refractivity contribution in [2.75, 3.05) is 0 Å². The van der Waals surface area contributed by atoms with Gasteiger partial charge < -0.3 is 5.32 Å². The Hall–Kier alpha value is -0.910. The number of benzene rings is 1. The highest BCUT2D eigenvalue weighted by atomic mass is 32.2. The Labute approximate surface area is 123 Å². The molecular formula is C15H26N2O2S. The number of rotatable bonds is 8.